The number of para-hydroxylation sites is 1. The predicted molar refractivity (Wildman–Crippen MR) is 133 cm³/mol. The van der Waals surface area contributed by atoms with Crippen LogP contribution in [0.4, 0.5) is 4.79 Å². The minimum atomic E-state index is -1.13. The van der Waals surface area contributed by atoms with Crippen LogP contribution in [-0.4, -0.2) is 52.1 Å². The number of phenolic OH excluding ortho intramolecular Hbond substituents is 1. The number of nitrogens with one attached hydrogen (secondary N) is 2. The number of carbonyl (C=O) groups excluding carboxylic acids is 3. The van der Waals surface area contributed by atoms with Gasteiger partial charge in [-0.3, -0.25) is 9.59 Å². The molecule has 0 heterocycles. The van der Waals surface area contributed by atoms with Gasteiger partial charge in [-0.2, -0.15) is 0 Å². The lowest BCUT2D eigenvalue weighted by molar-refractivity contribution is -0.143. The molecule has 0 aromatic heterocycles. The number of alkyl carbamates (subject to hydrolysis) is 1. The third-order valence-electron chi connectivity index (χ3n) is 5.31. The molecule has 0 saturated heterocycles. The molecule has 1 aromatic carbocycles. The van der Waals surface area contributed by atoms with Crippen LogP contribution in [0.15, 0.2) is 30.9 Å². The lowest BCUT2D eigenvalue weighted by Crippen LogP contribution is -2.55. The van der Waals surface area contributed by atoms with Crippen LogP contribution in [0.3, 0.4) is 0 Å². The van der Waals surface area contributed by atoms with Crippen molar-refractivity contribution in [1.29, 1.82) is 0 Å². The number of aromatic hydroxyl groups is 1. The molecule has 3 N–H and O–H groups in total. The molecule has 3 amide bonds. The van der Waals surface area contributed by atoms with Crippen molar-refractivity contribution < 1.29 is 24.2 Å². The number of hydrogen-bond acceptors (Lipinski definition) is 5. The quantitative estimate of drug-likeness (QED) is 0.439. The maximum Gasteiger partial charge on any atom is 0.408 e. The summed E-state index contributed by atoms with van der Waals surface area (Å²) in [6, 6.07) is 2.81. The Kier molecular flexibility index (Phi) is 10.6. The molecule has 34 heavy (non-hydrogen) atoms. The Bertz CT molecular complexity index is 876. The number of ether oxygens (including phenoxy) is 1. The summed E-state index contributed by atoms with van der Waals surface area (Å²) in [5.74, 6) is -1.21. The van der Waals surface area contributed by atoms with E-state index < -0.39 is 35.6 Å². The normalized spacial score (nSPS) is 14.0. The Morgan fingerprint density at radius 2 is 1.79 bits per heavy atom. The molecular weight excluding hydrogens is 434 g/mol. The van der Waals surface area contributed by atoms with Gasteiger partial charge in [0.05, 0.1) is 0 Å². The van der Waals surface area contributed by atoms with Gasteiger partial charge in [-0.25, -0.2) is 4.79 Å². The van der Waals surface area contributed by atoms with Crippen LogP contribution in [-0.2, 0) is 14.3 Å². The van der Waals surface area contributed by atoms with Crippen LogP contribution < -0.4 is 10.6 Å². The molecule has 0 fully saturated rings. The fourth-order valence-corrected chi connectivity index (χ4v) is 3.47. The van der Waals surface area contributed by atoms with E-state index in [1.807, 2.05) is 27.7 Å². The second-order valence-electron chi connectivity index (χ2n) is 9.87. The molecule has 1 aromatic rings. The standard InChI is InChI=1S/C26H41N3O5/c1-10-15-29(24(32)20(17(5)11-2)28-25(33)34-26(7,8)9)21(23(31)27-16(3)4)19-14-12-13-18(6)22(19)30/h10,12-14,16-17,20-21,30H,1,11,15H2,2-9H3,(H,27,31)(H,28,33). The molecule has 3 atom stereocenters. The first-order chi connectivity index (χ1) is 15.7. The second-order valence-corrected chi connectivity index (χ2v) is 9.87. The number of benzene rings is 1. The second kappa shape index (κ2) is 12.4. The lowest BCUT2D eigenvalue weighted by atomic mass is 9.95. The Morgan fingerprint density at radius 1 is 1.18 bits per heavy atom. The van der Waals surface area contributed by atoms with Crippen molar-refractivity contribution in [2.75, 3.05) is 6.54 Å². The van der Waals surface area contributed by atoms with Gasteiger partial charge in [-0.05, 0) is 53.0 Å². The van der Waals surface area contributed by atoms with Crippen LogP contribution in [0.1, 0.15) is 72.1 Å². The van der Waals surface area contributed by atoms with E-state index in [9.17, 15) is 19.5 Å². The van der Waals surface area contributed by atoms with Crippen molar-refractivity contribution >= 4 is 17.9 Å². The molecule has 3 unspecified atom stereocenters. The minimum absolute atomic E-state index is 0.0331. The number of aryl methyl sites for hydroxylation is 1. The van der Waals surface area contributed by atoms with Crippen molar-refractivity contribution in [2.24, 2.45) is 5.92 Å². The molecule has 0 aliphatic heterocycles. The zero-order valence-corrected chi connectivity index (χ0v) is 21.8. The summed E-state index contributed by atoms with van der Waals surface area (Å²) in [4.78, 5) is 41.1. The SMILES string of the molecule is C=CCN(C(=O)C(NC(=O)OC(C)(C)C)C(C)CC)C(C(=O)NC(C)C)c1cccc(C)c1O. The lowest BCUT2D eigenvalue weighted by Gasteiger charge is -2.36. The fourth-order valence-electron chi connectivity index (χ4n) is 3.47. The number of carbonyl (C=O) groups is 3. The highest BCUT2D eigenvalue weighted by molar-refractivity contribution is 5.93. The third kappa shape index (κ3) is 8.08. The summed E-state index contributed by atoms with van der Waals surface area (Å²) in [6.07, 6.45) is 1.40. The van der Waals surface area contributed by atoms with Crippen LogP contribution >= 0.6 is 0 Å². The summed E-state index contributed by atoms with van der Waals surface area (Å²) in [5, 5.41) is 16.3. The maximum absolute atomic E-state index is 13.9. The topological polar surface area (TPSA) is 108 Å². The Hall–Kier alpha value is -3.03. The van der Waals surface area contributed by atoms with Crippen molar-refractivity contribution in [3.63, 3.8) is 0 Å². The van der Waals surface area contributed by atoms with E-state index in [2.05, 4.69) is 17.2 Å². The van der Waals surface area contributed by atoms with Gasteiger partial charge in [0.15, 0.2) is 0 Å². The van der Waals surface area contributed by atoms with Gasteiger partial charge in [-0.15, -0.1) is 6.58 Å². The zero-order chi connectivity index (χ0) is 26.2. The number of amides is 3. The molecule has 0 aliphatic rings. The monoisotopic (exact) mass is 475 g/mol. The molecule has 0 bridgehead atoms. The van der Waals surface area contributed by atoms with Crippen LogP contribution in [0.5, 0.6) is 5.75 Å². The molecule has 1 rings (SSSR count). The van der Waals surface area contributed by atoms with Gasteiger partial charge in [-0.1, -0.05) is 44.5 Å². The minimum Gasteiger partial charge on any atom is -0.507 e. The molecule has 0 aliphatic carbocycles. The van der Waals surface area contributed by atoms with E-state index in [1.165, 1.54) is 11.0 Å². The fraction of sp³-hybridized carbons (Fsp3) is 0.577. The Labute approximate surface area is 203 Å². The summed E-state index contributed by atoms with van der Waals surface area (Å²) in [7, 11) is 0. The zero-order valence-electron chi connectivity index (χ0n) is 21.8. The maximum atomic E-state index is 13.9. The predicted octanol–water partition coefficient (Wildman–Crippen LogP) is 4.22. The average molecular weight is 476 g/mol. The van der Waals surface area contributed by atoms with E-state index in [-0.39, 0.29) is 24.3 Å². The first kappa shape index (κ1) is 29.0. The number of hydrogen-bond donors (Lipinski definition) is 3. The first-order valence-electron chi connectivity index (χ1n) is 11.7. The van der Waals surface area contributed by atoms with Gasteiger partial charge < -0.3 is 25.4 Å². The van der Waals surface area contributed by atoms with E-state index in [1.54, 1.807) is 45.9 Å². The van der Waals surface area contributed by atoms with E-state index in [0.29, 0.717) is 17.5 Å². The van der Waals surface area contributed by atoms with Gasteiger partial charge in [0, 0.05) is 18.2 Å². The molecule has 0 spiro atoms. The van der Waals surface area contributed by atoms with Crippen LogP contribution in [0.25, 0.3) is 0 Å². The molecule has 8 nitrogen and oxygen atoms in total. The summed E-state index contributed by atoms with van der Waals surface area (Å²) >= 11 is 0. The third-order valence-corrected chi connectivity index (χ3v) is 5.31. The molecule has 0 radical (unpaired) electrons. The highest BCUT2D eigenvalue weighted by Gasteiger charge is 2.38. The van der Waals surface area contributed by atoms with Gasteiger partial charge in [0.2, 0.25) is 11.8 Å². The molecule has 8 heteroatoms. The molecule has 190 valence electrons. The number of rotatable bonds is 10. The number of nitrogens with zero attached hydrogens (tertiary/aromatic N) is 1. The van der Waals surface area contributed by atoms with E-state index >= 15 is 0 Å². The molecule has 0 saturated carbocycles. The highest BCUT2D eigenvalue weighted by Crippen LogP contribution is 2.32. The van der Waals surface area contributed by atoms with Crippen LogP contribution in [0, 0.1) is 12.8 Å². The summed E-state index contributed by atoms with van der Waals surface area (Å²) in [5.41, 5.74) is 0.144. The Morgan fingerprint density at radius 3 is 2.29 bits per heavy atom. The van der Waals surface area contributed by atoms with Gasteiger partial charge in [0.1, 0.15) is 23.4 Å². The van der Waals surface area contributed by atoms with Crippen molar-refractivity contribution in [3.05, 3.63) is 42.0 Å². The number of phenols is 1. The summed E-state index contributed by atoms with van der Waals surface area (Å²) < 4.78 is 5.37. The smallest absolute Gasteiger partial charge is 0.408 e. The van der Waals surface area contributed by atoms with E-state index in [0.717, 1.165) is 0 Å². The average Bonchev–Trinajstić information content (AvgIpc) is 2.71. The van der Waals surface area contributed by atoms with Crippen molar-refractivity contribution in [3.8, 4) is 5.75 Å². The van der Waals surface area contributed by atoms with Gasteiger partial charge in [0.25, 0.3) is 0 Å². The van der Waals surface area contributed by atoms with E-state index in [4.69, 9.17) is 4.74 Å². The van der Waals surface area contributed by atoms with Crippen LogP contribution in [0.2, 0.25) is 0 Å². The molecular formula is C26H41N3O5. The Balaban J connectivity index is 3.54. The largest absolute Gasteiger partial charge is 0.507 e. The highest BCUT2D eigenvalue weighted by atomic mass is 16.6. The first-order valence-corrected chi connectivity index (χ1v) is 11.7. The van der Waals surface area contributed by atoms with Crippen molar-refractivity contribution in [2.45, 2.75) is 85.5 Å². The van der Waals surface area contributed by atoms with Crippen molar-refractivity contribution in [1.82, 2.24) is 15.5 Å². The van der Waals surface area contributed by atoms with Gasteiger partial charge >= 0.3 is 6.09 Å². The summed E-state index contributed by atoms with van der Waals surface area (Å²) in [6.45, 7) is 18.1.